The number of ether oxygens (including phenoxy) is 2. The highest BCUT2D eigenvalue weighted by atomic mass is 127. The number of carbonyl (C=O) groups excluding carboxylic acids is 1. The fraction of sp³-hybridized carbons (Fsp3) is 0.632. The molecule has 4 heteroatoms. The Balaban J connectivity index is 2.64. The summed E-state index contributed by atoms with van der Waals surface area (Å²) in [4.78, 5) is 12.1. The topological polar surface area (TPSA) is 35.5 Å². The molecule has 3 nitrogen and oxygen atoms in total. The molecule has 130 valence electrons. The van der Waals surface area contributed by atoms with Gasteiger partial charge in [0.1, 0.15) is 5.60 Å². The van der Waals surface area contributed by atoms with Gasteiger partial charge in [0.25, 0.3) is 0 Å². The highest BCUT2D eigenvalue weighted by molar-refractivity contribution is 14.1. The first kappa shape index (κ1) is 20.4. The van der Waals surface area contributed by atoms with Gasteiger partial charge in [-0.2, -0.15) is 0 Å². The van der Waals surface area contributed by atoms with Gasteiger partial charge in [-0.1, -0.05) is 12.1 Å². The van der Waals surface area contributed by atoms with E-state index < -0.39 is 5.60 Å². The lowest BCUT2D eigenvalue weighted by atomic mass is 10.0. The minimum atomic E-state index is -0.459. The van der Waals surface area contributed by atoms with Crippen molar-refractivity contribution < 1.29 is 14.3 Å². The first-order chi connectivity index (χ1) is 10.4. The molecule has 0 radical (unpaired) electrons. The van der Waals surface area contributed by atoms with Crippen molar-refractivity contribution in [3.63, 3.8) is 0 Å². The van der Waals surface area contributed by atoms with Crippen molar-refractivity contribution in [1.29, 1.82) is 0 Å². The maximum atomic E-state index is 12.1. The molecule has 0 spiro atoms. The van der Waals surface area contributed by atoms with Crippen molar-refractivity contribution in [2.45, 2.75) is 78.1 Å². The summed E-state index contributed by atoms with van der Waals surface area (Å²) in [5.74, 6) is -0.200. The van der Waals surface area contributed by atoms with Crippen LogP contribution in [0, 0.1) is 3.57 Å². The molecule has 0 bridgehead atoms. The van der Waals surface area contributed by atoms with Crippen LogP contribution in [0.2, 0.25) is 0 Å². The highest BCUT2D eigenvalue weighted by Gasteiger charge is 2.24. The average Bonchev–Trinajstić information content (AvgIpc) is 2.33. The van der Waals surface area contributed by atoms with Gasteiger partial charge in [0.15, 0.2) is 0 Å². The maximum Gasteiger partial charge on any atom is 0.308 e. The van der Waals surface area contributed by atoms with E-state index in [0.29, 0.717) is 6.42 Å². The Bertz CT molecular complexity index is 495. The first-order valence-corrected chi connectivity index (χ1v) is 9.16. The number of halogens is 1. The van der Waals surface area contributed by atoms with Gasteiger partial charge in [-0.25, -0.2) is 0 Å². The van der Waals surface area contributed by atoms with Crippen LogP contribution in [0.5, 0.6) is 0 Å². The minimum absolute atomic E-state index is 0.135. The molecule has 0 aliphatic heterocycles. The summed E-state index contributed by atoms with van der Waals surface area (Å²) in [5, 5.41) is 0. The zero-order valence-corrected chi connectivity index (χ0v) is 17.3. The van der Waals surface area contributed by atoms with Crippen LogP contribution >= 0.6 is 22.6 Å². The molecule has 0 saturated carbocycles. The fourth-order valence-electron chi connectivity index (χ4n) is 2.25. The molecule has 1 atom stereocenters. The SMILES string of the molecule is CC(C)(C)OC(=O)CC(CCc1ccc(I)cc1)OC(C)(C)C. The van der Waals surface area contributed by atoms with Crippen LogP contribution < -0.4 is 0 Å². The van der Waals surface area contributed by atoms with Crippen LogP contribution in [0.4, 0.5) is 0 Å². The molecular weight excluding hydrogens is 403 g/mol. The summed E-state index contributed by atoms with van der Waals surface area (Å²) in [6, 6.07) is 8.46. The molecule has 0 aromatic heterocycles. The van der Waals surface area contributed by atoms with Crippen LogP contribution in [0.3, 0.4) is 0 Å². The number of esters is 1. The first-order valence-electron chi connectivity index (χ1n) is 8.09. The van der Waals surface area contributed by atoms with E-state index in [2.05, 4.69) is 46.9 Å². The third-order valence-corrected chi connectivity index (χ3v) is 3.72. The molecule has 1 aromatic carbocycles. The Morgan fingerprint density at radius 2 is 1.61 bits per heavy atom. The summed E-state index contributed by atoms with van der Waals surface area (Å²) in [5.41, 5.74) is 0.523. The zero-order chi connectivity index (χ0) is 17.7. The second kappa shape index (κ2) is 8.47. The predicted molar refractivity (Wildman–Crippen MR) is 103 cm³/mol. The van der Waals surface area contributed by atoms with E-state index in [1.165, 1.54) is 9.13 Å². The molecule has 1 unspecified atom stereocenters. The molecule has 0 fully saturated rings. The van der Waals surface area contributed by atoms with Gasteiger partial charge in [0.05, 0.1) is 18.1 Å². The van der Waals surface area contributed by atoms with Crippen molar-refractivity contribution in [3.05, 3.63) is 33.4 Å². The van der Waals surface area contributed by atoms with Crippen LogP contribution in [0.15, 0.2) is 24.3 Å². The van der Waals surface area contributed by atoms with Gasteiger partial charge >= 0.3 is 5.97 Å². The molecule has 0 aliphatic rings. The molecule has 1 aromatic rings. The second-order valence-corrected chi connectivity index (χ2v) is 9.05. The summed E-state index contributed by atoms with van der Waals surface area (Å²) >= 11 is 2.30. The van der Waals surface area contributed by atoms with Gasteiger partial charge in [-0.15, -0.1) is 0 Å². The van der Waals surface area contributed by atoms with Crippen molar-refractivity contribution in [2.24, 2.45) is 0 Å². The van der Waals surface area contributed by atoms with E-state index in [-0.39, 0.29) is 17.7 Å². The van der Waals surface area contributed by atoms with Gasteiger partial charge in [0.2, 0.25) is 0 Å². The van der Waals surface area contributed by atoms with Crippen LogP contribution in [0.25, 0.3) is 0 Å². The number of hydrogen-bond acceptors (Lipinski definition) is 3. The molecule has 0 heterocycles. The van der Waals surface area contributed by atoms with Crippen molar-refractivity contribution in [3.8, 4) is 0 Å². The Morgan fingerprint density at radius 3 is 2.09 bits per heavy atom. The van der Waals surface area contributed by atoms with Gasteiger partial charge in [-0.05, 0) is 94.7 Å². The van der Waals surface area contributed by atoms with Gasteiger partial charge < -0.3 is 9.47 Å². The molecular formula is C19H29IO3. The minimum Gasteiger partial charge on any atom is -0.460 e. The summed E-state index contributed by atoms with van der Waals surface area (Å²) in [7, 11) is 0. The van der Waals surface area contributed by atoms with Crippen molar-refractivity contribution >= 4 is 28.6 Å². The van der Waals surface area contributed by atoms with E-state index in [4.69, 9.17) is 9.47 Å². The van der Waals surface area contributed by atoms with Crippen LogP contribution in [-0.2, 0) is 20.7 Å². The van der Waals surface area contributed by atoms with Gasteiger partial charge in [-0.3, -0.25) is 4.79 Å². The number of hydrogen-bond donors (Lipinski definition) is 0. The Hall–Kier alpha value is -0.620. The molecule has 0 aliphatic carbocycles. The molecule has 23 heavy (non-hydrogen) atoms. The largest absolute Gasteiger partial charge is 0.460 e. The Labute approximate surface area is 154 Å². The fourth-order valence-corrected chi connectivity index (χ4v) is 2.61. The number of benzene rings is 1. The summed E-state index contributed by atoms with van der Waals surface area (Å²) in [6.07, 6.45) is 1.85. The second-order valence-electron chi connectivity index (χ2n) is 7.81. The lowest BCUT2D eigenvalue weighted by Crippen LogP contribution is -2.32. The van der Waals surface area contributed by atoms with Crippen LogP contribution in [-0.4, -0.2) is 23.3 Å². The van der Waals surface area contributed by atoms with Gasteiger partial charge in [0, 0.05) is 3.57 Å². The molecule has 0 saturated heterocycles. The standard InChI is InChI=1S/C19H29IO3/c1-18(2,3)22-16(13-17(21)23-19(4,5)6)12-9-14-7-10-15(20)11-8-14/h7-8,10-11,16H,9,12-13H2,1-6H3. The average molecular weight is 432 g/mol. The third kappa shape index (κ3) is 9.97. The molecule has 1 rings (SSSR count). The predicted octanol–water partition coefficient (Wildman–Crippen LogP) is 5.14. The normalized spacial score (nSPS) is 13.7. The van der Waals surface area contributed by atoms with E-state index >= 15 is 0 Å². The van der Waals surface area contributed by atoms with E-state index in [9.17, 15) is 4.79 Å². The molecule has 0 amide bonds. The van der Waals surface area contributed by atoms with E-state index in [0.717, 1.165) is 12.8 Å². The smallest absolute Gasteiger partial charge is 0.308 e. The Morgan fingerprint density at radius 1 is 1.04 bits per heavy atom. The van der Waals surface area contributed by atoms with Crippen LogP contribution in [0.1, 0.15) is 59.9 Å². The number of carbonyl (C=O) groups is 1. The van der Waals surface area contributed by atoms with Crippen molar-refractivity contribution in [1.82, 2.24) is 0 Å². The van der Waals surface area contributed by atoms with Crippen molar-refractivity contribution in [2.75, 3.05) is 0 Å². The zero-order valence-electron chi connectivity index (χ0n) is 15.1. The highest BCUT2D eigenvalue weighted by Crippen LogP contribution is 2.20. The lowest BCUT2D eigenvalue weighted by Gasteiger charge is -2.28. The van der Waals surface area contributed by atoms with E-state index in [1.54, 1.807) is 0 Å². The number of aryl methyl sites for hydroxylation is 1. The number of rotatable bonds is 6. The lowest BCUT2D eigenvalue weighted by molar-refractivity contribution is -0.161. The summed E-state index contributed by atoms with van der Waals surface area (Å²) in [6.45, 7) is 11.7. The summed E-state index contributed by atoms with van der Waals surface area (Å²) < 4.78 is 12.7. The van der Waals surface area contributed by atoms with E-state index in [1.807, 2.05) is 41.5 Å². The third-order valence-electron chi connectivity index (χ3n) is 3.00. The Kier molecular flexibility index (Phi) is 7.52. The molecule has 0 N–H and O–H groups in total. The quantitative estimate of drug-likeness (QED) is 0.461. The maximum absolute atomic E-state index is 12.1. The monoisotopic (exact) mass is 432 g/mol.